The van der Waals surface area contributed by atoms with Gasteiger partial charge in [0.05, 0.1) is 7.11 Å². The zero-order chi connectivity index (χ0) is 20.5. The van der Waals surface area contributed by atoms with E-state index in [2.05, 4.69) is 20.5 Å². The minimum Gasteiger partial charge on any atom is -0.493 e. The Morgan fingerprint density at radius 2 is 2.03 bits per heavy atom. The average Bonchev–Trinajstić information content (AvgIpc) is 3.38. The maximum absolute atomic E-state index is 5.56. The molecule has 8 nitrogen and oxygen atoms in total. The normalized spacial score (nSPS) is 17.0. The summed E-state index contributed by atoms with van der Waals surface area (Å²) in [6, 6.07) is 8.42. The van der Waals surface area contributed by atoms with E-state index in [4.69, 9.17) is 23.9 Å². The van der Waals surface area contributed by atoms with Crippen molar-refractivity contribution in [1.82, 2.24) is 19.4 Å². The lowest BCUT2D eigenvalue weighted by Gasteiger charge is -2.33. The molecule has 1 aromatic carbocycles. The second-order valence-corrected chi connectivity index (χ2v) is 7.72. The van der Waals surface area contributed by atoms with Crippen LogP contribution in [-0.2, 0) is 17.9 Å². The van der Waals surface area contributed by atoms with E-state index in [9.17, 15) is 0 Å². The van der Waals surface area contributed by atoms with Crippen molar-refractivity contribution in [3.05, 3.63) is 41.9 Å². The molecule has 0 bridgehead atoms. The number of piperidine rings is 1. The van der Waals surface area contributed by atoms with Crippen LogP contribution in [0.5, 0.6) is 17.2 Å². The summed E-state index contributed by atoms with van der Waals surface area (Å²) in [5.74, 6) is 3.14. The van der Waals surface area contributed by atoms with Gasteiger partial charge in [-0.2, -0.15) is 0 Å². The summed E-state index contributed by atoms with van der Waals surface area (Å²) in [5.41, 5.74) is 3.05. The van der Waals surface area contributed by atoms with Gasteiger partial charge in [-0.3, -0.25) is 4.90 Å². The van der Waals surface area contributed by atoms with E-state index < -0.39 is 0 Å². The van der Waals surface area contributed by atoms with Crippen molar-refractivity contribution in [3.8, 4) is 17.2 Å². The molecule has 0 amide bonds. The molecule has 4 heterocycles. The predicted molar refractivity (Wildman–Crippen MR) is 111 cm³/mol. The van der Waals surface area contributed by atoms with Crippen molar-refractivity contribution in [2.75, 3.05) is 34.1 Å². The molecule has 1 saturated heterocycles. The van der Waals surface area contributed by atoms with Crippen molar-refractivity contribution in [1.29, 1.82) is 0 Å². The summed E-state index contributed by atoms with van der Waals surface area (Å²) in [4.78, 5) is 11.8. The molecule has 2 aliphatic rings. The SMILES string of the molecule is COCc1nc2cccnc2n1C1CCN(Cc2cc(OC)c3c(c2)OCO3)CC1. The van der Waals surface area contributed by atoms with Crippen LogP contribution >= 0.6 is 0 Å². The third kappa shape index (κ3) is 3.46. The van der Waals surface area contributed by atoms with Gasteiger partial charge in [-0.25, -0.2) is 9.97 Å². The van der Waals surface area contributed by atoms with Crippen molar-refractivity contribution in [3.63, 3.8) is 0 Å². The summed E-state index contributed by atoms with van der Waals surface area (Å²) >= 11 is 0. The van der Waals surface area contributed by atoms with Crippen molar-refractivity contribution in [2.45, 2.75) is 32.0 Å². The molecule has 0 aliphatic carbocycles. The second-order valence-electron chi connectivity index (χ2n) is 7.72. The lowest BCUT2D eigenvalue weighted by Crippen LogP contribution is -2.34. The third-order valence-electron chi connectivity index (χ3n) is 5.84. The van der Waals surface area contributed by atoms with Gasteiger partial charge in [0.2, 0.25) is 12.5 Å². The van der Waals surface area contributed by atoms with Gasteiger partial charge in [-0.05, 0) is 42.7 Å². The molecule has 8 heteroatoms. The lowest BCUT2D eigenvalue weighted by molar-refractivity contribution is 0.156. The van der Waals surface area contributed by atoms with Gasteiger partial charge in [-0.1, -0.05) is 0 Å². The second kappa shape index (κ2) is 8.12. The molecule has 0 saturated carbocycles. The number of imidazole rings is 1. The van der Waals surface area contributed by atoms with Gasteiger partial charge >= 0.3 is 0 Å². The first-order valence-electron chi connectivity index (χ1n) is 10.3. The Balaban J connectivity index is 1.31. The van der Waals surface area contributed by atoms with Crippen LogP contribution in [0.25, 0.3) is 11.2 Å². The highest BCUT2D eigenvalue weighted by Crippen LogP contribution is 2.42. The molecule has 2 aromatic heterocycles. The number of likely N-dealkylation sites (tertiary alicyclic amines) is 1. The van der Waals surface area contributed by atoms with Crippen LogP contribution in [0, 0.1) is 0 Å². The number of rotatable bonds is 6. The number of ether oxygens (including phenoxy) is 4. The van der Waals surface area contributed by atoms with Crippen molar-refractivity contribution < 1.29 is 18.9 Å². The third-order valence-corrected chi connectivity index (χ3v) is 5.84. The van der Waals surface area contributed by atoms with Crippen molar-refractivity contribution in [2.24, 2.45) is 0 Å². The lowest BCUT2D eigenvalue weighted by atomic mass is 10.0. The molecule has 0 radical (unpaired) electrons. The highest BCUT2D eigenvalue weighted by molar-refractivity contribution is 5.71. The average molecular weight is 410 g/mol. The molecule has 158 valence electrons. The number of hydrogen-bond acceptors (Lipinski definition) is 7. The smallest absolute Gasteiger partial charge is 0.231 e. The maximum atomic E-state index is 5.56. The first-order valence-corrected chi connectivity index (χ1v) is 10.3. The molecule has 0 N–H and O–H groups in total. The van der Waals surface area contributed by atoms with E-state index in [0.717, 1.165) is 61.0 Å². The summed E-state index contributed by atoms with van der Waals surface area (Å²) < 4.78 is 24.2. The van der Waals surface area contributed by atoms with Gasteiger partial charge < -0.3 is 23.5 Å². The predicted octanol–water partition coefficient (Wildman–Crippen LogP) is 3.15. The van der Waals surface area contributed by atoms with E-state index in [-0.39, 0.29) is 6.79 Å². The molecule has 30 heavy (non-hydrogen) atoms. The van der Waals surface area contributed by atoms with E-state index in [1.165, 1.54) is 5.56 Å². The largest absolute Gasteiger partial charge is 0.493 e. The van der Waals surface area contributed by atoms with E-state index in [1.54, 1.807) is 14.2 Å². The van der Waals surface area contributed by atoms with Gasteiger partial charge in [0.25, 0.3) is 0 Å². The van der Waals surface area contributed by atoms with Crippen molar-refractivity contribution >= 4 is 11.2 Å². The zero-order valence-electron chi connectivity index (χ0n) is 17.3. The Kier molecular flexibility index (Phi) is 5.18. The molecule has 0 spiro atoms. The standard InChI is InChI=1S/C22H26N4O4/c1-27-13-20-24-17-4-3-7-23-22(17)26(20)16-5-8-25(9-6-16)12-15-10-18(28-2)21-19(11-15)29-14-30-21/h3-4,7,10-11,16H,5-6,8-9,12-14H2,1-2H3. The van der Waals surface area contributed by atoms with Crippen LogP contribution in [0.15, 0.2) is 30.5 Å². The molecular formula is C22H26N4O4. The highest BCUT2D eigenvalue weighted by atomic mass is 16.7. The molecular weight excluding hydrogens is 384 g/mol. The van der Waals surface area contributed by atoms with Crippen LogP contribution in [0.1, 0.15) is 30.3 Å². The number of hydrogen-bond donors (Lipinski definition) is 0. The van der Waals surface area contributed by atoms with Crippen LogP contribution in [0.2, 0.25) is 0 Å². The van der Waals surface area contributed by atoms with Crippen LogP contribution in [0.4, 0.5) is 0 Å². The fraction of sp³-hybridized carbons (Fsp3) is 0.455. The monoisotopic (exact) mass is 410 g/mol. The number of methoxy groups -OCH3 is 2. The van der Waals surface area contributed by atoms with E-state index >= 15 is 0 Å². The Bertz CT molecular complexity index is 1040. The zero-order valence-corrected chi connectivity index (χ0v) is 17.3. The fourth-order valence-electron chi connectivity index (χ4n) is 4.46. The number of fused-ring (bicyclic) bond motifs is 2. The number of pyridine rings is 1. The van der Waals surface area contributed by atoms with Gasteiger partial charge in [0.15, 0.2) is 17.1 Å². The summed E-state index contributed by atoms with van der Waals surface area (Å²) in [7, 11) is 3.37. The summed E-state index contributed by atoms with van der Waals surface area (Å²) in [6.07, 6.45) is 3.92. The number of benzene rings is 1. The van der Waals surface area contributed by atoms with E-state index in [1.807, 2.05) is 24.4 Å². The number of aromatic nitrogens is 3. The van der Waals surface area contributed by atoms with Gasteiger partial charge in [0.1, 0.15) is 17.9 Å². The molecule has 0 unspecified atom stereocenters. The number of nitrogens with zero attached hydrogens (tertiary/aromatic N) is 4. The Labute approximate surface area is 175 Å². The Hall–Kier alpha value is -2.84. The summed E-state index contributed by atoms with van der Waals surface area (Å²) in [5, 5.41) is 0. The van der Waals surface area contributed by atoms with Gasteiger partial charge in [-0.15, -0.1) is 0 Å². The Morgan fingerprint density at radius 3 is 2.83 bits per heavy atom. The van der Waals surface area contributed by atoms with E-state index in [0.29, 0.717) is 18.4 Å². The minimum atomic E-state index is 0.247. The quantitative estimate of drug-likeness (QED) is 0.618. The molecule has 1 fully saturated rings. The minimum absolute atomic E-state index is 0.247. The van der Waals surface area contributed by atoms with Crippen LogP contribution in [-0.4, -0.2) is 53.5 Å². The molecule has 5 rings (SSSR count). The highest BCUT2D eigenvalue weighted by Gasteiger charge is 2.26. The first-order chi connectivity index (χ1) is 14.8. The maximum Gasteiger partial charge on any atom is 0.231 e. The van der Waals surface area contributed by atoms with Crippen LogP contribution in [0.3, 0.4) is 0 Å². The van der Waals surface area contributed by atoms with Crippen LogP contribution < -0.4 is 14.2 Å². The summed E-state index contributed by atoms with van der Waals surface area (Å²) in [6.45, 7) is 3.60. The Morgan fingerprint density at radius 1 is 1.17 bits per heavy atom. The fourth-order valence-corrected chi connectivity index (χ4v) is 4.46. The topological polar surface area (TPSA) is 70.9 Å². The molecule has 0 atom stereocenters. The first kappa shape index (κ1) is 19.1. The molecule has 3 aromatic rings. The van der Waals surface area contributed by atoms with Gasteiger partial charge in [0, 0.05) is 39.0 Å². The molecule has 2 aliphatic heterocycles.